The molecule has 0 aliphatic carbocycles. The molecule has 0 radical (unpaired) electrons. The Hall–Kier alpha value is -2.87. The Balaban J connectivity index is 1.60. The van der Waals surface area contributed by atoms with Crippen LogP contribution >= 0.6 is 0 Å². The number of hydrogen-bond donors (Lipinski definition) is 2. The van der Waals surface area contributed by atoms with Crippen LogP contribution in [0.2, 0.25) is 0 Å². The summed E-state index contributed by atoms with van der Waals surface area (Å²) in [4.78, 5) is 17.4. The highest BCUT2D eigenvalue weighted by atomic mass is 32.2. The van der Waals surface area contributed by atoms with Gasteiger partial charge in [0.25, 0.3) is 10.0 Å². The lowest BCUT2D eigenvalue weighted by atomic mass is 10.1. The van der Waals surface area contributed by atoms with E-state index in [1.54, 1.807) is 18.2 Å². The number of amidine groups is 1. The van der Waals surface area contributed by atoms with E-state index in [1.165, 1.54) is 6.07 Å². The summed E-state index contributed by atoms with van der Waals surface area (Å²) < 4.78 is 32.7. The largest absolute Gasteiger partial charge is 0.494 e. The Labute approximate surface area is 177 Å². The maximum Gasteiger partial charge on any atom is 0.263 e. The fourth-order valence-corrected chi connectivity index (χ4v) is 4.38. The molecule has 1 aliphatic heterocycles. The number of unbranched alkanes of at least 4 members (excludes halogenated alkanes) is 1. The van der Waals surface area contributed by atoms with Crippen molar-refractivity contribution in [2.24, 2.45) is 4.99 Å². The van der Waals surface area contributed by atoms with Crippen LogP contribution in [0.3, 0.4) is 0 Å². The molecule has 8 heteroatoms. The van der Waals surface area contributed by atoms with Gasteiger partial charge < -0.3 is 10.1 Å². The minimum Gasteiger partial charge on any atom is -0.494 e. The predicted octanol–water partition coefficient (Wildman–Crippen LogP) is 2.87. The van der Waals surface area contributed by atoms with E-state index >= 15 is 0 Å². The molecule has 2 aromatic rings. The minimum absolute atomic E-state index is 0.191. The first-order valence-corrected chi connectivity index (χ1v) is 11.6. The zero-order chi connectivity index (χ0) is 21.4. The van der Waals surface area contributed by atoms with Gasteiger partial charge in [-0.05, 0) is 37.1 Å². The number of nitrogens with one attached hydrogen (secondary N) is 2. The summed E-state index contributed by atoms with van der Waals surface area (Å²) in [6, 6.07) is 15.5. The van der Waals surface area contributed by atoms with Crippen molar-refractivity contribution >= 4 is 21.8 Å². The third kappa shape index (κ3) is 5.60. The van der Waals surface area contributed by atoms with Crippen molar-refractivity contribution in [2.75, 3.05) is 13.2 Å². The van der Waals surface area contributed by atoms with E-state index in [-0.39, 0.29) is 16.6 Å². The number of benzene rings is 2. The number of sulfonamides is 1. The fourth-order valence-electron chi connectivity index (χ4n) is 3.15. The molecule has 1 unspecified atom stereocenters. The molecule has 1 atom stereocenters. The van der Waals surface area contributed by atoms with Crippen molar-refractivity contribution in [3.63, 3.8) is 0 Å². The summed E-state index contributed by atoms with van der Waals surface area (Å²) >= 11 is 0. The molecule has 0 saturated heterocycles. The second-order valence-corrected chi connectivity index (χ2v) is 8.69. The van der Waals surface area contributed by atoms with Gasteiger partial charge in [-0.25, -0.2) is 8.42 Å². The van der Waals surface area contributed by atoms with Crippen molar-refractivity contribution in [1.82, 2.24) is 10.0 Å². The molecule has 0 fully saturated rings. The van der Waals surface area contributed by atoms with Crippen molar-refractivity contribution in [1.29, 1.82) is 0 Å². The van der Waals surface area contributed by atoms with Gasteiger partial charge in [-0.3, -0.25) is 14.5 Å². The Bertz CT molecular complexity index is 990. The molecule has 7 nitrogen and oxygen atoms in total. The third-order valence-electron chi connectivity index (χ3n) is 4.71. The maximum atomic E-state index is 12.7. The number of rotatable bonds is 10. The Morgan fingerprint density at radius 2 is 1.83 bits per heavy atom. The number of para-hydroxylation sites is 1. The number of aliphatic imine (C=N–C) groups is 1. The standard InChI is InChI=1S/C22H27N3O4S/c1-2-3-13-19(22(26)23-15-9-16-29-17-10-5-4-6-11-17)24-21-18-12-7-8-14-20(18)30(27,28)25-21/h4-8,10-12,14,19H,2-3,9,13,15-16H2,1H3,(H,23,26)(H,24,25). The molecule has 0 spiro atoms. The summed E-state index contributed by atoms with van der Waals surface area (Å²) in [5, 5.41) is 2.89. The zero-order valence-electron chi connectivity index (χ0n) is 17.0. The number of carbonyl (C=O) groups is 1. The third-order valence-corrected chi connectivity index (χ3v) is 6.11. The highest BCUT2D eigenvalue weighted by Crippen LogP contribution is 2.23. The van der Waals surface area contributed by atoms with E-state index in [9.17, 15) is 13.2 Å². The van der Waals surface area contributed by atoms with E-state index in [2.05, 4.69) is 15.0 Å². The van der Waals surface area contributed by atoms with Crippen molar-refractivity contribution < 1.29 is 17.9 Å². The van der Waals surface area contributed by atoms with Gasteiger partial charge in [-0.2, -0.15) is 0 Å². The molecule has 2 N–H and O–H groups in total. The normalized spacial score (nSPS) is 16.5. The number of amides is 1. The summed E-state index contributed by atoms with van der Waals surface area (Å²) in [7, 11) is -3.63. The quantitative estimate of drug-likeness (QED) is 0.568. The van der Waals surface area contributed by atoms with Gasteiger partial charge in [-0.15, -0.1) is 0 Å². The van der Waals surface area contributed by atoms with Crippen LogP contribution < -0.4 is 14.8 Å². The lowest BCUT2D eigenvalue weighted by Gasteiger charge is -2.14. The predicted molar refractivity (Wildman–Crippen MR) is 116 cm³/mol. The zero-order valence-corrected chi connectivity index (χ0v) is 17.8. The van der Waals surface area contributed by atoms with E-state index in [4.69, 9.17) is 4.74 Å². The van der Waals surface area contributed by atoms with Gasteiger partial charge in [0.15, 0.2) is 0 Å². The highest BCUT2D eigenvalue weighted by molar-refractivity contribution is 7.90. The Kier molecular flexibility index (Phi) is 7.46. The van der Waals surface area contributed by atoms with Crippen LogP contribution in [0.4, 0.5) is 0 Å². The first kappa shape index (κ1) is 21.8. The van der Waals surface area contributed by atoms with Gasteiger partial charge in [0.2, 0.25) is 5.91 Å². The van der Waals surface area contributed by atoms with Crippen LogP contribution in [-0.4, -0.2) is 39.4 Å². The average molecular weight is 430 g/mol. The van der Waals surface area contributed by atoms with Crippen molar-refractivity contribution in [3.05, 3.63) is 60.2 Å². The first-order chi connectivity index (χ1) is 14.5. The van der Waals surface area contributed by atoms with Crippen LogP contribution in [0.1, 0.15) is 38.2 Å². The SMILES string of the molecule is CCCCC(N=C1NS(=O)(=O)c2ccccc21)C(=O)NCCCOc1ccccc1. The average Bonchev–Trinajstić information content (AvgIpc) is 3.01. The van der Waals surface area contributed by atoms with E-state index < -0.39 is 16.1 Å². The van der Waals surface area contributed by atoms with E-state index in [0.717, 1.165) is 18.6 Å². The number of ether oxygens (including phenoxy) is 1. The first-order valence-electron chi connectivity index (χ1n) is 10.2. The highest BCUT2D eigenvalue weighted by Gasteiger charge is 2.31. The van der Waals surface area contributed by atoms with Crippen LogP contribution in [0.25, 0.3) is 0 Å². The topological polar surface area (TPSA) is 96.9 Å². The smallest absolute Gasteiger partial charge is 0.263 e. The molecular formula is C22H27N3O4S. The molecule has 0 saturated carbocycles. The van der Waals surface area contributed by atoms with E-state index in [1.807, 2.05) is 37.3 Å². The Morgan fingerprint density at radius 3 is 2.60 bits per heavy atom. The monoisotopic (exact) mass is 429 g/mol. The van der Waals surface area contributed by atoms with Crippen molar-refractivity contribution in [3.8, 4) is 5.75 Å². The van der Waals surface area contributed by atoms with Gasteiger partial charge in [0.05, 0.1) is 11.5 Å². The van der Waals surface area contributed by atoms with E-state index in [0.29, 0.717) is 31.6 Å². The second kappa shape index (κ2) is 10.2. The maximum absolute atomic E-state index is 12.7. The molecule has 1 amide bonds. The molecule has 3 rings (SSSR count). The summed E-state index contributed by atoms with van der Waals surface area (Å²) in [6.07, 6.45) is 2.95. The minimum atomic E-state index is -3.63. The molecule has 30 heavy (non-hydrogen) atoms. The number of fused-ring (bicyclic) bond motifs is 1. The van der Waals surface area contributed by atoms with Gasteiger partial charge in [0.1, 0.15) is 17.6 Å². The molecule has 160 valence electrons. The van der Waals surface area contributed by atoms with Crippen LogP contribution in [-0.2, 0) is 14.8 Å². The van der Waals surface area contributed by atoms with Gasteiger partial charge in [0, 0.05) is 12.1 Å². The molecule has 1 aliphatic rings. The molecular weight excluding hydrogens is 402 g/mol. The van der Waals surface area contributed by atoms with Crippen LogP contribution in [0, 0.1) is 0 Å². The molecule has 0 aromatic heterocycles. The number of hydrogen-bond acceptors (Lipinski definition) is 5. The summed E-state index contributed by atoms with van der Waals surface area (Å²) in [6.45, 7) is 2.99. The fraction of sp³-hybridized carbons (Fsp3) is 0.364. The number of nitrogens with zero attached hydrogens (tertiary/aromatic N) is 1. The van der Waals surface area contributed by atoms with Crippen molar-refractivity contribution in [2.45, 2.75) is 43.5 Å². The lowest BCUT2D eigenvalue weighted by Crippen LogP contribution is -2.36. The summed E-state index contributed by atoms with van der Waals surface area (Å²) in [5.41, 5.74) is 0.503. The Morgan fingerprint density at radius 1 is 1.10 bits per heavy atom. The lowest BCUT2D eigenvalue weighted by molar-refractivity contribution is -0.122. The molecule has 2 aromatic carbocycles. The molecule has 0 bridgehead atoms. The second-order valence-electron chi connectivity index (χ2n) is 7.04. The van der Waals surface area contributed by atoms with Gasteiger partial charge in [-0.1, -0.05) is 50.1 Å². The number of carbonyl (C=O) groups excluding carboxylic acids is 1. The molecule has 1 heterocycles. The van der Waals surface area contributed by atoms with Crippen LogP contribution in [0.5, 0.6) is 5.75 Å². The van der Waals surface area contributed by atoms with Gasteiger partial charge >= 0.3 is 0 Å². The van der Waals surface area contributed by atoms with Crippen LogP contribution in [0.15, 0.2) is 64.5 Å². The summed E-state index contributed by atoms with van der Waals surface area (Å²) in [5.74, 6) is 0.816.